The Morgan fingerprint density at radius 1 is 1.15 bits per heavy atom. The monoisotopic (exact) mass is 261 g/mol. The van der Waals surface area contributed by atoms with E-state index in [2.05, 4.69) is 11.1 Å². The van der Waals surface area contributed by atoms with Crippen molar-refractivity contribution < 1.29 is 4.79 Å². The molecule has 0 atom stereocenters. The van der Waals surface area contributed by atoms with Crippen LogP contribution in [0.5, 0.6) is 0 Å². The minimum atomic E-state index is -0.266. The smallest absolute Gasteiger partial charge is 0.277 e. The predicted molar refractivity (Wildman–Crippen MR) is 76.6 cm³/mol. The van der Waals surface area contributed by atoms with Crippen LogP contribution in [-0.4, -0.2) is 11.6 Å². The number of nitriles is 1. The highest BCUT2D eigenvalue weighted by atomic mass is 16.1. The number of anilines is 1. The van der Waals surface area contributed by atoms with E-state index >= 15 is 0 Å². The summed E-state index contributed by atoms with van der Waals surface area (Å²) in [4.78, 5) is 16.2. The van der Waals surface area contributed by atoms with Crippen molar-refractivity contribution in [1.29, 1.82) is 5.26 Å². The zero-order chi connectivity index (χ0) is 14.1. The van der Waals surface area contributed by atoms with Crippen molar-refractivity contribution in [3.63, 3.8) is 0 Å². The Hall–Kier alpha value is -2.93. The average molecular weight is 261 g/mol. The van der Waals surface area contributed by atoms with E-state index < -0.39 is 0 Å². The van der Waals surface area contributed by atoms with E-state index in [1.165, 1.54) is 0 Å². The molecule has 1 aliphatic rings. The molecule has 2 N–H and O–H groups in total. The molecule has 0 spiro atoms. The number of fused-ring (bicyclic) bond motifs is 1. The van der Waals surface area contributed by atoms with Gasteiger partial charge in [-0.3, -0.25) is 4.79 Å². The number of hydrogen-bond acceptors (Lipinski definition) is 3. The maximum atomic E-state index is 12.0. The zero-order valence-corrected chi connectivity index (χ0v) is 10.6. The summed E-state index contributed by atoms with van der Waals surface area (Å²) in [5, 5.41) is 8.80. The van der Waals surface area contributed by atoms with Crippen molar-refractivity contribution in [1.82, 2.24) is 0 Å². The number of carbonyl (C=O) groups excluding carboxylic acids is 1. The first-order valence-electron chi connectivity index (χ1n) is 6.19. The number of hydrogen-bond donors (Lipinski definition) is 1. The Labute approximate surface area is 116 Å². The Morgan fingerprint density at radius 2 is 1.90 bits per heavy atom. The van der Waals surface area contributed by atoms with Crippen LogP contribution in [0.1, 0.15) is 27.0 Å². The van der Waals surface area contributed by atoms with E-state index in [1.807, 2.05) is 0 Å². The Kier molecular flexibility index (Phi) is 2.81. The summed E-state index contributed by atoms with van der Waals surface area (Å²) in [6.45, 7) is 0. The van der Waals surface area contributed by atoms with Crippen molar-refractivity contribution in [2.24, 2.45) is 4.99 Å². The van der Waals surface area contributed by atoms with Crippen LogP contribution in [0.25, 0.3) is 0 Å². The summed E-state index contributed by atoms with van der Waals surface area (Å²) in [5.41, 5.74) is 10.0. The molecule has 4 heteroatoms. The summed E-state index contributed by atoms with van der Waals surface area (Å²) in [5.74, 6) is -0.266. The lowest BCUT2D eigenvalue weighted by atomic mass is 9.93. The molecule has 2 aromatic carbocycles. The Balaban J connectivity index is 2.03. The number of carbonyl (C=O) groups is 1. The van der Waals surface area contributed by atoms with Gasteiger partial charge in [0.05, 0.1) is 17.3 Å². The second-order valence-electron chi connectivity index (χ2n) is 4.60. The molecular formula is C16H11N3O. The van der Waals surface area contributed by atoms with Gasteiger partial charge in [0.25, 0.3) is 5.91 Å². The van der Waals surface area contributed by atoms with Crippen LogP contribution in [-0.2, 0) is 6.42 Å². The molecule has 20 heavy (non-hydrogen) atoms. The third-order valence-electron chi connectivity index (χ3n) is 3.37. The predicted octanol–water partition coefficient (Wildman–Crippen LogP) is 2.33. The molecule has 1 heterocycles. The first kappa shape index (κ1) is 12.1. The van der Waals surface area contributed by atoms with Crippen molar-refractivity contribution in [3.8, 4) is 6.07 Å². The second-order valence-corrected chi connectivity index (χ2v) is 4.60. The van der Waals surface area contributed by atoms with E-state index in [0.29, 0.717) is 28.9 Å². The van der Waals surface area contributed by atoms with Crippen LogP contribution in [0, 0.1) is 11.3 Å². The van der Waals surface area contributed by atoms with Crippen molar-refractivity contribution in [2.75, 3.05) is 5.73 Å². The lowest BCUT2D eigenvalue weighted by Crippen LogP contribution is -2.18. The number of nitrogen functional groups attached to an aromatic ring is 1. The maximum absolute atomic E-state index is 12.0. The Bertz CT molecular complexity index is 767. The van der Waals surface area contributed by atoms with Gasteiger partial charge in [-0.25, -0.2) is 4.99 Å². The average Bonchev–Trinajstić information content (AvgIpc) is 2.48. The fraction of sp³-hybridized carbons (Fsp3) is 0.0625. The molecule has 1 aliphatic heterocycles. The fourth-order valence-electron chi connectivity index (χ4n) is 2.30. The summed E-state index contributed by atoms with van der Waals surface area (Å²) < 4.78 is 0. The quantitative estimate of drug-likeness (QED) is 0.800. The zero-order valence-electron chi connectivity index (χ0n) is 10.6. The maximum Gasteiger partial charge on any atom is 0.277 e. The number of nitrogens with two attached hydrogens (primary N) is 1. The molecule has 2 aromatic rings. The van der Waals surface area contributed by atoms with Gasteiger partial charge in [-0.05, 0) is 35.4 Å². The third kappa shape index (κ3) is 1.95. The highest BCUT2D eigenvalue weighted by Gasteiger charge is 2.21. The molecule has 3 rings (SSSR count). The topological polar surface area (TPSA) is 79.2 Å². The van der Waals surface area contributed by atoms with Crippen LogP contribution in [0.2, 0.25) is 0 Å². The van der Waals surface area contributed by atoms with Crippen LogP contribution >= 0.6 is 0 Å². The van der Waals surface area contributed by atoms with Gasteiger partial charge in [0.2, 0.25) is 0 Å². The van der Waals surface area contributed by atoms with Crippen LogP contribution in [0.4, 0.5) is 5.69 Å². The molecule has 1 amide bonds. The summed E-state index contributed by atoms with van der Waals surface area (Å²) >= 11 is 0. The van der Waals surface area contributed by atoms with E-state index in [-0.39, 0.29) is 5.91 Å². The highest BCUT2D eigenvalue weighted by Crippen LogP contribution is 2.24. The van der Waals surface area contributed by atoms with E-state index in [9.17, 15) is 4.79 Å². The number of aliphatic imine (C=N–C) groups is 1. The van der Waals surface area contributed by atoms with Crippen LogP contribution in [0.15, 0.2) is 47.5 Å². The number of nitrogens with zero attached hydrogens (tertiary/aromatic N) is 2. The van der Waals surface area contributed by atoms with Gasteiger partial charge in [0, 0.05) is 17.7 Å². The van der Waals surface area contributed by atoms with Gasteiger partial charge in [-0.1, -0.05) is 18.2 Å². The lowest BCUT2D eigenvalue weighted by Gasteiger charge is -2.17. The molecule has 0 radical (unpaired) electrons. The van der Waals surface area contributed by atoms with Crippen molar-refractivity contribution in [3.05, 3.63) is 64.7 Å². The van der Waals surface area contributed by atoms with E-state index in [4.69, 9.17) is 11.0 Å². The summed E-state index contributed by atoms with van der Waals surface area (Å²) in [7, 11) is 0. The summed E-state index contributed by atoms with van der Waals surface area (Å²) in [6, 6.07) is 14.4. The van der Waals surface area contributed by atoms with Crippen LogP contribution in [0.3, 0.4) is 0 Å². The van der Waals surface area contributed by atoms with Crippen LogP contribution < -0.4 is 5.73 Å². The number of benzene rings is 2. The highest BCUT2D eigenvalue weighted by molar-refractivity contribution is 6.15. The van der Waals surface area contributed by atoms with E-state index in [1.54, 1.807) is 42.5 Å². The first-order valence-corrected chi connectivity index (χ1v) is 6.19. The third-order valence-corrected chi connectivity index (χ3v) is 3.37. The SMILES string of the molecule is N#Cc1ccc(C2=NC(=O)c3cccc(N)c3C2)cc1. The normalized spacial score (nSPS) is 13.3. The number of rotatable bonds is 1. The van der Waals surface area contributed by atoms with Crippen molar-refractivity contribution >= 4 is 17.3 Å². The van der Waals surface area contributed by atoms with Gasteiger partial charge in [-0.2, -0.15) is 5.26 Å². The molecule has 0 aromatic heterocycles. The fourth-order valence-corrected chi connectivity index (χ4v) is 2.30. The minimum absolute atomic E-state index is 0.266. The molecule has 4 nitrogen and oxygen atoms in total. The van der Waals surface area contributed by atoms with Crippen molar-refractivity contribution in [2.45, 2.75) is 6.42 Å². The van der Waals surface area contributed by atoms with Gasteiger partial charge >= 0.3 is 0 Å². The number of amides is 1. The second kappa shape index (κ2) is 4.63. The molecule has 96 valence electrons. The van der Waals surface area contributed by atoms with Gasteiger partial charge in [0.15, 0.2) is 0 Å². The van der Waals surface area contributed by atoms with Gasteiger partial charge in [0.1, 0.15) is 0 Å². The molecule has 0 saturated heterocycles. The molecule has 0 fully saturated rings. The molecule has 0 unspecified atom stereocenters. The molecule has 0 aliphatic carbocycles. The standard InChI is InChI=1S/C16H11N3O/c17-9-10-4-6-11(7-5-10)15-8-13-12(16(20)19-15)2-1-3-14(13)18/h1-7H,8,18H2. The molecule has 0 saturated carbocycles. The molecular weight excluding hydrogens is 250 g/mol. The lowest BCUT2D eigenvalue weighted by molar-refractivity contribution is 0.100. The largest absolute Gasteiger partial charge is 0.398 e. The van der Waals surface area contributed by atoms with E-state index in [0.717, 1.165) is 11.1 Å². The van der Waals surface area contributed by atoms with Gasteiger partial charge in [-0.15, -0.1) is 0 Å². The van der Waals surface area contributed by atoms with Gasteiger partial charge < -0.3 is 5.73 Å². The Morgan fingerprint density at radius 3 is 2.60 bits per heavy atom. The minimum Gasteiger partial charge on any atom is -0.398 e. The first-order chi connectivity index (χ1) is 9.69. The summed E-state index contributed by atoms with van der Waals surface area (Å²) in [6.07, 6.45) is 0.527. The molecule has 0 bridgehead atoms.